The molecule has 30 heavy (non-hydrogen) atoms. The summed E-state index contributed by atoms with van der Waals surface area (Å²) in [5.74, 6) is 0.478. The van der Waals surface area contributed by atoms with Gasteiger partial charge in [-0.05, 0) is 53.9 Å². The highest BCUT2D eigenvalue weighted by molar-refractivity contribution is 5.99. The summed E-state index contributed by atoms with van der Waals surface area (Å²) in [6, 6.07) is 14.8. The molecule has 3 rings (SSSR count). The van der Waals surface area contributed by atoms with Crippen molar-refractivity contribution in [1.82, 2.24) is 10.2 Å². The number of rotatable bonds is 6. The second kappa shape index (κ2) is 8.74. The molecule has 0 aliphatic heterocycles. The van der Waals surface area contributed by atoms with E-state index >= 15 is 0 Å². The van der Waals surface area contributed by atoms with Crippen LogP contribution in [-0.4, -0.2) is 30.9 Å². The van der Waals surface area contributed by atoms with E-state index in [2.05, 4.69) is 5.32 Å². The summed E-state index contributed by atoms with van der Waals surface area (Å²) in [4.78, 5) is 13.7. The maximum atomic E-state index is 12.7. The Bertz CT molecular complexity index is 1090. The van der Waals surface area contributed by atoms with Gasteiger partial charge in [-0.2, -0.15) is 18.4 Å². The van der Waals surface area contributed by atoms with Gasteiger partial charge in [0.1, 0.15) is 11.5 Å². The first kappa shape index (κ1) is 21.0. The lowest BCUT2D eigenvalue weighted by molar-refractivity contribution is -0.137. The molecule has 0 unspecified atom stereocenters. The topological polar surface area (TPSA) is 65.4 Å². The number of carbonyl (C=O) groups is 1. The highest BCUT2D eigenvalue weighted by Crippen LogP contribution is 2.33. The number of carbonyl (C=O) groups excluding carboxylic acids is 1. The largest absolute Gasteiger partial charge is 0.457 e. The van der Waals surface area contributed by atoms with E-state index in [1.165, 1.54) is 17.0 Å². The quantitative estimate of drug-likeness (QED) is 0.466. The Balaban J connectivity index is 1.76. The number of alkyl halides is 3. The second-order valence-electron chi connectivity index (χ2n) is 6.59. The van der Waals surface area contributed by atoms with Crippen LogP contribution in [0.5, 0.6) is 11.5 Å². The molecule has 0 bridgehead atoms. The van der Waals surface area contributed by atoms with Crippen LogP contribution in [0.2, 0.25) is 0 Å². The Labute approximate surface area is 171 Å². The number of nitrogens with one attached hydrogen (secondary N) is 1. The third-order valence-electron chi connectivity index (χ3n) is 4.42. The van der Waals surface area contributed by atoms with Gasteiger partial charge in [-0.1, -0.05) is 12.1 Å². The highest BCUT2D eigenvalue weighted by atomic mass is 19.4. The van der Waals surface area contributed by atoms with Gasteiger partial charge in [-0.15, -0.1) is 0 Å². The van der Waals surface area contributed by atoms with E-state index < -0.39 is 11.7 Å². The summed E-state index contributed by atoms with van der Waals surface area (Å²) in [6.07, 6.45) is -2.45. The zero-order valence-electron chi connectivity index (χ0n) is 16.0. The normalized spacial score (nSPS) is 11.0. The van der Waals surface area contributed by atoms with Crippen LogP contribution in [0, 0.1) is 11.5 Å². The van der Waals surface area contributed by atoms with Crippen LogP contribution in [0.1, 0.15) is 15.9 Å². The summed E-state index contributed by atoms with van der Waals surface area (Å²) in [7, 11) is 1.63. The number of hydrogen-bond donors (Lipinski definition) is 1. The number of nitrogens with zero attached hydrogens (tertiary/aromatic N) is 2. The molecular formula is C22H18F3N3O2. The molecule has 0 fully saturated rings. The number of fused-ring (bicyclic) bond motifs is 1. The first-order valence-electron chi connectivity index (χ1n) is 9.05. The molecular weight excluding hydrogens is 395 g/mol. The van der Waals surface area contributed by atoms with Gasteiger partial charge in [0.15, 0.2) is 6.19 Å². The summed E-state index contributed by atoms with van der Waals surface area (Å²) < 4.78 is 43.9. The molecule has 1 N–H and O–H groups in total. The average Bonchev–Trinajstić information content (AvgIpc) is 2.73. The van der Waals surface area contributed by atoms with E-state index in [0.717, 1.165) is 22.9 Å². The fraction of sp³-hybridized carbons (Fsp3) is 0.182. The molecule has 1 amide bonds. The molecule has 0 radical (unpaired) electrons. The molecule has 0 heterocycles. The molecule has 3 aromatic carbocycles. The van der Waals surface area contributed by atoms with Crippen LogP contribution in [-0.2, 0) is 6.18 Å². The van der Waals surface area contributed by atoms with E-state index in [-0.39, 0.29) is 11.7 Å². The van der Waals surface area contributed by atoms with E-state index in [1.54, 1.807) is 37.4 Å². The Hall–Kier alpha value is -3.73. The third kappa shape index (κ3) is 5.00. The van der Waals surface area contributed by atoms with Gasteiger partial charge in [-0.3, -0.25) is 4.79 Å². The summed E-state index contributed by atoms with van der Waals surface area (Å²) in [5.41, 5.74) is -0.293. The van der Waals surface area contributed by atoms with Crippen molar-refractivity contribution in [2.24, 2.45) is 0 Å². The predicted octanol–water partition coefficient (Wildman–Crippen LogP) is 4.79. The Morgan fingerprint density at radius 3 is 2.53 bits per heavy atom. The van der Waals surface area contributed by atoms with Crippen molar-refractivity contribution in [3.05, 3.63) is 71.8 Å². The van der Waals surface area contributed by atoms with Crippen LogP contribution >= 0.6 is 0 Å². The van der Waals surface area contributed by atoms with Crippen LogP contribution in [0.4, 0.5) is 13.2 Å². The van der Waals surface area contributed by atoms with Gasteiger partial charge < -0.3 is 15.0 Å². The van der Waals surface area contributed by atoms with E-state index in [1.807, 2.05) is 12.3 Å². The van der Waals surface area contributed by atoms with Gasteiger partial charge in [-0.25, -0.2) is 0 Å². The van der Waals surface area contributed by atoms with E-state index in [0.29, 0.717) is 24.4 Å². The van der Waals surface area contributed by atoms with Gasteiger partial charge in [0.25, 0.3) is 5.91 Å². The molecule has 0 atom stereocenters. The van der Waals surface area contributed by atoms with Crippen LogP contribution < -0.4 is 10.1 Å². The number of amides is 1. The monoisotopic (exact) mass is 413 g/mol. The molecule has 0 spiro atoms. The third-order valence-corrected chi connectivity index (χ3v) is 4.42. The first-order chi connectivity index (χ1) is 14.3. The minimum Gasteiger partial charge on any atom is -0.457 e. The Morgan fingerprint density at radius 1 is 1.13 bits per heavy atom. The Morgan fingerprint density at radius 2 is 1.87 bits per heavy atom. The number of hydrogen-bond acceptors (Lipinski definition) is 4. The number of nitriles is 1. The van der Waals surface area contributed by atoms with Gasteiger partial charge >= 0.3 is 6.18 Å². The van der Waals surface area contributed by atoms with Crippen LogP contribution in [0.15, 0.2) is 60.7 Å². The number of ether oxygens (including phenoxy) is 1. The molecule has 0 aromatic heterocycles. The van der Waals surface area contributed by atoms with Gasteiger partial charge in [0.2, 0.25) is 0 Å². The predicted molar refractivity (Wildman–Crippen MR) is 106 cm³/mol. The molecule has 0 saturated carbocycles. The minimum atomic E-state index is -4.40. The van der Waals surface area contributed by atoms with Crippen molar-refractivity contribution in [1.29, 1.82) is 5.26 Å². The smallest absolute Gasteiger partial charge is 0.416 e. The molecule has 3 aromatic rings. The summed E-state index contributed by atoms with van der Waals surface area (Å²) in [6.45, 7) is 0.735. The standard InChI is InChI=1S/C22H18F3N3O2/c1-28(14-26)12-11-27-21(29)16-5-10-19-15(13-16)3-2-4-20(19)30-18-8-6-17(7-9-18)22(23,24)25/h2-10,13H,11-12H2,1H3,(H,27,29). The van der Waals surface area contributed by atoms with Gasteiger partial charge in [0.05, 0.1) is 5.56 Å². The van der Waals surface area contributed by atoms with Gasteiger partial charge in [0, 0.05) is 31.1 Å². The Kier molecular flexibility index (Phi) is 6.11. The maximum Gasteiger partial charge on any atom is 0.416 e. The zero-order valence-corrected chi connectivity index (χ0v) is 16.0. The zero-order chi connectivity index (χ0) is 21.7. The van der Waals surface area contributed by atoms with E-state index in [4.69, 9.17) is 10.00 Å². The summed E-state index contributed by atoms with van der Waals surface area (Å²) >= 11 is 0. The number of likely N-dealkylation sites (N-methyl/N-ethyl adjacent to an activating group) is 1. The molecule has 5 nitrogen and oxygen atoms in total. The molecule has 0 saturated heterocycles. The van der Waals surface area contributed by atoms with Crippen LogP contribution in [0.3, 0.4) is 0 Å². The minimum absolute atomic E-state index is 0.266. The van der Waals surface area contributed by atoms with Crippen LogP contribution in [0.25, 0.3) is 10.8 Å². The average molecular weight is 413 g/mol. The SMILES string of the molecule is CN(C#N)CCNC(=O)c1ccc2c(Oc3ccc(C(F)(F)F)cc3)cccc2c1. The lowest BCUT2D eigenvalue weighted by Gasteiger charge is -2.12. The van der Waals surface area contributed by atoms with Crippen molar-refractivity contribution in [2.75, 3.05) is 20.1 Å². The summed E-state index contributed by atoms with van der Waals surface area (Å²) in [5, 5.41) is 12.9. The van der Waals surface area contributed by atoms with Crippen molar-refractivity contribution >= 4 is 16.7 Å². The van der Waals surface area contributed by atoms with E-state index in [9.17, 15) is 18.0 Å². The maximum absolute atomic E-state index is 12.7. The first-order valence-corrected chi connectivity index (χ1v) is 9.05. The van der Waals surface area contributed by atoms with Crippen molar-refractivity contribution in [2.45, 2.75) is 6.18 Å². The van der Waals surface area contributed by atoms with Crippen molar-refractivity contribution < 1.29 is 22.7 Å². The molecule has 154 valence electrons. The van der Waals surface area contributed by atoms with Crippen molar-refractivity contribution in [3.63, 3.8) is 0 Å². The van der Waals surface area contributed by atoms with Crippen molar-refractivity contribution in [3.8, 4) is 17.7 Å². The molecule has 0 aliphatic carbocycles. The fourth-order valence-electron chi connectivity index (χ4n) is 2.81. The fourth-order valence-corrected chi connectivity index (χ4v) is 2.81. The number of halogens is 3. The lowest BCUT2D eigenvalue weighted by Crippen LogP contribution is -2.31. The second-order valence-corrected chi connectivity index (χ2v) is 6.59. The molecule has 0 aliphatic rings. The lowest BCUT2D eigenvalue weighted by atomic mass is 10.1. The molecule has 8 heteroatoms. The highest BCUT2D eigenvalue weighted by Gasteiger charge is 2.30. The number of benzene rings is 3.